The highest BCUT2D eigenvalue weighted by molar-refractivity contribution is 6.04. The first-order chi connectivity index (χ1) is 15.3. The van der Waals surface area contributed by atoms with E-state index in [0.717, 1.165) is 12.2 Å². The van der Waals surface area contributed by atoms with Crippen molar-refractivity contribution in [1.82, 2.24) is 0 Å². The third-order valence-electron chi connectivity index (χ3n) is 5.05. The van der Waals surface area contributed by atoms with E-state index in [1.807, 2.05) is 66.7 Å². The second-order valence-electron chi connectivity index (χ2n) is 7.37. The maximum atomic E-state index is 11.5. The summed E-state index contributed by atoms with van der Waals surface area (Å²) < 4.78 is 8.62. The smallest absolute Gasteiger partial charge is 0.338 e. The molecule has 0 amide bonds. The number of ether oxygens (including phenoxy) is 2. The second kappa shape index (κ2) is 12.2. The van der Waals surface area contributed by atoms with Gasteiger partial charge in [0.1, 0.15) is 0 Å². The summed E-state index contributed by atoms with van der Waals surface area (Å²) in [6.07, 6.45) is 4.67. The fourth-order valence-corrected chi connectivity index (χ4v) is 3.13. The van der Waals surface area contributed by atoms with Gasteiger partial charge in [-0.3, -0.25) is 9.59 Å². The standard InChI is InChI=1S/C14H16O3.C8H8.C4H2O3/c1-9(11-6-4-3-5-7-11)8-12-10(2)13(15)17-14(12)16;1-2-8-6-4-3-5-7-8;5-3-1-2-4(6)7-3/h3-7,9-10,12H,8H2,1-2H3;2-7H,1H2;1-2H. The summed E-state index contributed by atoms with van der Waals surface area (Å²) >= 11 is 0. The number of hydrogen-bond donors (Lipinski definition) is 0. The lowest BCUT2D eigenvalue weighted by molar-refractivity contribution is -0.154. The van der Waals surface area contributed by atoms with Crippen LogP contribution in [0.15, 0.2) is 79.4 Å². The lowest BCUT2D eigenvalue weighted by Gasteiger charge is -2.16. The Morgan fingerprint density at radius 2 is 1.38 bits per heavy atom. The SMILES string of the molecule is C=Cc1ccccc1.CC(CC1C(=O)OC(=O)C1C)c1ccccc1.O=C1C=CC(=O)O1. The van der Waals surface area contributed by atoms with Crippen LogP contribution in [0.1, 0.15) is 37.3 Å². The van der Waals surface area contributed by atoms with Gasteiger partial charge in [0.05, 0.1) is 11.8 Å². The van der Waals surface area contributed by atoms with Crippen molar-refractivity contribution >= 4 is 30.0 Å². The van der Waals surface area contributed by atoms with Gasteiger partial charge in [0.2, 0.25) is 0 Å². The number of carbonyl (C=O) groups excluding carboxylic acids is 4. The van der Waals surface area contributed by atoms with Crippen molar-refractivity contribution in [3.63, 3.8) is 0 Å². The molecule has 3 atom stereocenters. The largest absolute Gasteiger partial charge is 0.393 e. The Bertz CT molecular complexity index is 962. The minimum absolute atomic E-state index is 0.252. The molecule has 0 radical (unpaired) electrons. The van der Waals surface area contributed by atoms with Crippen LogP contribution in [0.2, 0.25) is 0 Å². The average molecular weight is 434 g/mol. The Morgan fingerprint density at radius 1 is 0.844 bits per heavy atom. The molecule has 32 heavy (non-hydrogen) atoms. The molecule has 2 aromatic rings. The Labute approximate surface area is 187 Å². The van der Waals surface area contributed by atoms with Crippen LogP contribution in [-0.2, 0) is 28.7 Å². The lowest BCUT2D eigenvalue weighted by atomic mass is 9.85. The molecule has 166 valence electrons. The minimum atomic E-state index is -0.579. The second-order valence-corrected chi connectivity index (χ2v) is 7.37. The topological polar surface area (TPSA) is 86.7 Å². The molecule has 0 aromatic heterocycles. The Kier molecular flexibility index (Phi) is 9.29. The summed E-state index contributed by atoms with van der Waals surface area (Å²) in [5, 5.41) is 0. The predicted molar refractivity (Wildman–Crippen MR) is 120 cm³/mol. The molecule has 2 heterocycles. The molecule has 2 aliphatic heterocycles. The van der Waals surface area contributed by atoms with Gasteiger partial charge in [0.15, 0.2) is 0 Å². The number of carbonyl (C=O) groups is 4. The monoisotopic (exact) mass is 434 g/mol. The fourth-order valence-electron chi connectivity index (χ4n) is 3.13. The van der Waals surface area contributed by atoms with Gasteiger partial charge in [-0.25, -0.2) is 9.59 Å². The molecule has 0 aliphatic carbocycles. The molecule has 1 saturated heterocycles. The summed E-state index contributed by atoms with van der Waals surface area (Å²) in [6, 6.07) is 20.0. The lowest BCUT2D eigenvalue weighted by Crippen LogP contribution is -2.17. The third kappa shape index (κ3) is 7.47. The van der Waals surface area contributed by atoms with Crippen molar-refractivity contribution in [2.24, 2.45) is 11.8 Å². The van der Waals surface area contributed by atoms with Gasteiger partial charge >= 0.3 is 23.9 Å². The first kappa shape index (κ1) is 24.5. The van der Waals surface area contributed by atoms with Crippen molar-refractivity contribution in [1.29, 1.82) is 0 Å². The van der Waals surface area contributed by atoms with Gasteiger partial charge in [-0.2, -0.15) is 0 Å². The number of benzene rings is 2. The molecular weight excluding hydrogens is 408 g/mol. The molecular formula is C26H26O6. The van der Waals surface area contributed by atoms with Crippen LogP contribution in [0.5, 0.6) is 0 Å². The van der Waals surface area contributed by atoms with Gasteiger partial charge in [0, 0.05) is 12.2 Å². The quantitative estimate of drug-likeness (QED) is 0.521. The number of cyclic esters (lactones) is 4. The zero-order valence-electron chi connectivity index (χ0n) is 18.1. The molecule has 0 N–H and O–H groups in total. The van der Waals surface area contributed by atoms with Crippen LogP contribution in [0.3, 0.4) is 0 Å². The van der Waals surface area contributed by atoms with Crippen LogP contribution in [0.4, 0.5) is 0 Å². The summed E-state index contributed by atoms with van der Waals surface area (Å²) in [5.74, 6) is -2.27. The van der Waals surface area contributed by atoms with Gasteiger partial charge in [-0.1, -0.05) is 87.2 Å². The molecule has 0 saturated carbocycles. The third-order valence-corrected chi connectivity index (χ3v) is 5.05. The minimum Gasteiger partial charge on any atom is -0.393 e. The van der Waals surface area contributed by atoms with Crippen molar-refractivity contribution < 1.29 is 28.7 Å². The van der Waals surface area contributed by atoms with E-state index in [-0.39, 0.29) is 29.7 Å². The molecule has 6 nitrogen and oxygen atoms in total. The number of rotatable bonds is 4. The Balaban J connectivity index is 0.000000199. The van der Waals surface area contributed by atoms with E-state index in [9.17, 15) is 19.2 Å². The highest BCUT2D eigenvalue weighted by Crippen LogP contribution is 2.32. The zero-order valence-corrected chi connectivity index (χ0v) is 18.1. The predicted octanol–water partition coefficient (Wildman–Crippen LogP) is 4.47. The van der Waals surface area contributed by atoms with Gasteiger partial charge < -0.3 is 9.47 Å². The van der Waals surface area contributed by atoms with Crippen molar-refractivity contribution in [2.45, 2.75) is 26.2 Å². The van der Waals surface area contributed by atoms with Gasteiger partial charge in [0.25, 0.3) is 0 Å². The molecule has 3 unspecified atom stereocenters. The maximum Gasteiger partial charge on any atom is 0.338 e. The van der Waals surface area contributed by atoms with Crippen LogP contribution in [0, 0.1) is 11.8 Å². The molecule has 0 spiro atoms. The first-order valence-electron chi connectivity index (χ1n) is 10.2. The van der Waals surface area contributed by atoms with E-state index in [0.29, 0.717) is 6.42 Å². The van der Waals surface area contributed by atoms with E-state index < -0.39 is 11.9 Å². The average Bonchev–Trinajstić information content (AvgIpc) is 3.31. The zero-order chi connectivity index (χ0) is 23.5. The van der Waals surface area contributed by atoms with Crippen LogP contribution >= 0.6 is 0 Å². The van der Waals surface area contributed by atoms with Crippen molar-refractivity contribution in [3.05, 3.63) is 90.5 Å². The summed E-state index contributed by atoms with van der Waals surface area (Å²) in [5.41, 5.74) is 2.36. The molecule has 1 fully saturated rings. The van der Waals surface area contributed by atoms with E-state index in [2.05, 4.69) is 23.0 Å². The Morgan fingerprint density at radius 3 is 1.75 bits per heavy atom. The Hall–Kier alpha value is -3.80. The molecule has 6 heteroatoms. The molecule has 0 bridgehead atoms. The van der Waals surface area contributed by atoms with E-state index in [1.54, 1.807) is 6.92 Å². The van der Waals surface area contributed by atoms with E-state index in [4.69, 9.17) is 0 Å². The fraction of sp³-hybridized carbons (Fsp3) is 0.231. The molecule has 2 aromatic carbocycles. The number of esters is 4. The maximum absolute atomic E-state index is 11.5. The summed E-state index contributed by atoms with van der Waals surface area (Å²) in [4.78, 5) is 42.6. The summed E-state index contributed by atoms with van der Waals surface area (Å²) in [6.45, 7) is 7.46. The molecule has 4 rings (SSSR count). The van der Waals surface area contributed by atoms with Crippen LogP contribution < -0.4 is 0 Å². The van der Waals surface area contributed by atoms with Gasteiger partial charge in [-0.05, 0) is 23.5 Å². The van der Waals surface area contributed by atoms with Gasteiger partial charge in [-0.15, -0.1) is 0 Å². The molecule has 2 aliphatic rings. The van der Waals surface area contributed by atoms with Crippen molar-refractivity contribution in [3.8, 4) is 0 Å². The van der Waals surface area contributed by atoms with E-state index >= 15 is 0 Å². The highest BCUT2D eigenvalue weighted by atomic mass is 16.6. The highest BCUT2D eigenvalue weighted by Gasteiger charge is 2.41. The van der Waals surface area contributed by atoms with Crippen LogP contribution in [0.25, 0.3) is 6.08 Å². The normalized spacial score (nSPS) is 19.7. The van der Waals surface area contributed by atoms with E-state index in [1.165, 1.54) is 11.1 Å². The van der Waals surface area contributed by atoms with Crippen molar-refractivity contribution in [2.75, 3.05) is 0 Å². The first-order valence-corrected chi connectivity index (χ1v) is 10.2. The summed E-state index contributed by atoms with van der Waals surface area (Å²) in [7, 11) is 0. The number of hydrogen-bond acceptors (Lipinski definition) is 6. The van der Waals surface area contributed by atoms with Crippen LogP contribution in [-0.4, -0.2) is 23.9 Å².